The van der Waals surface area contributed by atoms with Crippen LogP contribution in [0.15, 0.2) is 30.3 Å². The number of aromatic nitrogens is 1. The zero-order valence-electron chi connectivity index (χ0n) is 11.9. The molecule has 6 heteroatoms. The molecule has 0 radical (unpaired) electrons. The van der Waals surface area contributed by atoms with Crippen molar-refractivity contribution >= 4 is 11.5 Å². The molecule has 1 N–H and O–H groups in total. The second kappa shape index (κ2) is 6.30. The fraction of sp³-hybridized carbons (Fsp3) is 0.267. The third-order valence-corrected chi connectivity index (χ3v) is 3.07. The minimum atomic E-state index is -0.477. The maximum Gasteiger partial charge on any atom is 0.295 e. The first-order valence-electron chi connectivity index (χ1n) is 6.68. The van der Waals surface area contributed by atoms with Gasteiger partial charge in [-0.2, -0.15) is 0 Å². The van der Waals surface area contributed by atoms with E-state index in [1.807, 2.05) is 6.92 Å². The summed E-state index contributed by atoms with van der Waals surface area (Å²) in [5.74, 6) is 0.195. The van der Waals surface area contributed by atoms with Crippen LogP contribution in [0, 0.1) is 22.9 Å². The Bertz CT molecular complexity index is 674. The van der Waals surface area contributed by atoms with E-state index >= 15 is 0 Å². The number of benzene rings is 1. The van der Waals surface area contributed by atoms with Crippen LogP contribution in [0.3, 0.4) is 0 Å². The summed E-state index contributed by atoms with van der Waals surface area (Å²) in [5, 5.41) is 14.3. The molecular weight excluding hydrogens is 273 g/mol. The first kappa shape index (κ1) is 14.9. The van der Waals surface area contributed by atoms with Crippen molar-refractivity contribution in [2.75, 3.05) is 11.9 Å². The van der Waals surface area contributed by atoms with Crippen molar-refractivity contribution in [2.45, 2.75) is 20.3 Å². The van der Waals surface area contributed by atoms with Crippen LogP contribution in [-0.2, 0) is 0 Å². The molecule has 2 rings (SSSR count). The maximum absolute atomic E-state index is 13.2. The average molecular weight is 289 g/mol. The molecule has 0 bridgehead atoms. The molecule has 5 nitrogen and oxygen atoms in total. The van der Waals surface area contributed by atoms with Crippen molar-refractivity contribution in [1.82, 2.24) is 4.98 Å². The number of pyridine rings is 1. The SMILES string of the molecule is CCCNc1ccc([N+](=O)[O-])c(-c2ccc(F)cc2C)n1. The highest BCUT2D eigenvalue weighted by Crippen LogP contribution is 2.31. The lowest BCUT2D eigenvalue weighted by molar-refractivity contribution is -0.384. The molecule has 1 aromatic carbocycles. The first-order chi connectivity index (χ1) is 10.0. The number of nitro groups is 1. The Labute approximate surface area is 122 Å². The number of nitrogens with one attached hydrogen (secondary N) is 1. The minimum absolute atomic E-state index is 0.0910. The van der Waals surface area contributed by atoms with Gasteiger partial charge in [-0.05, 0) is 43.2 Å². The summed E-state index contributed by atoms with van der Waals surface area (Å²) < 4.78 is 13.2. The molecule has 0 aliphatic heterocycles. The molecule has 0 spiro atoms. The van der Waals surface area contributed by atoms with E-state index in [0.29, 0.717) is 16.9 Å². The van der Waals surface area contributed by atoms with Crippen LogP contribution in [0.1, 0.15) is 18.9 Å². The van der Waals surface area contributed by atoms with Crippen molar-refractivity contribution < 1.29 is 9.31 Å². The molecule has 2 aromatic rings. The molecule has 0 aliphatic rings. The van der Waals surface area contributed by atoms with Crippen LogP contribution in [0.25, 0.3) is 11.3 Å². The van der Waals surface area contributed by atoms with E-state index in [9.17, 15) is 14.5 Å². The summed E-state index contributed by atoms with van der Waals surface area (Å²) in [7, 11) is 0. The largest absolute Gasteiger partial charge is 0.370 e. The van der Waals surface area contributed by atoms with Crippen LogP contribution in [0.4, 0.5) is 15.9 Å². The van der Waals surface area contributed by atoms with Gasteiger partial charge in [-0.3, -0.25) is 10.1 Å². The van der Waals surface area contributed by atoms with E-state index < -0.39 is 4.92 Å². The molecule has 0 saturated heterocycles. The zero-order valence-corrected chi connectivity index (χ0v) is 11.9. The van der Waals surface area contributed by atoms with Crippen LogP contribution in [0.2, 0.25) is 0 Å². The molecule has 1 aromatic heterocycles. The van der Waals surface area contributed by atoms with Gasteiger partial charge in [-0.1, -0.05) is 6.92 Å². The van der Waals surface area contributed by atoms with Crippen molar-refractivity contribution in [1.29, 1.82) is 0 Å². The molecule has 0 fully saturated rings. The predicted molar refractivity (Wildman–Crippen MR) is 79.8 cm³/mol. The Morgan fingerprint density at radius 1 is 1.33 bits per heavy atom. The van der Waals surface area contributed by atoms with Gasteiger partial charge in [-0.25, -0.2) is 9.37 Å². The Hall–Kier alpha value is -2.50. The summed E-state index contributed by atoms with van der Waals surface area (Å²) >= 11 is 0. The van der Waals surface area contributed by atoms with E-state index in [1.54, 1.807) is 13.0 Å². The van der Waals surface area contributed by atoms with Gasteiger partial charge in [0.05, 0.1) is 4.92 Å². The Kier molecular flexibility index (Phi) is 4.47. The summed E-state index contributed by atoms with van der Waals surface area (Å²) in [4.78, 5) is 15.0. The van der Waals surface area contributed by atoms with E-state index in [-0.39, 0.29) is 17.2 Å². The lowest BCUT2D eigenvalue weighted by Crippen LogP contribution is -2.04. The molecule has 0 saturated carbocycles. The highest BCUT2D eigenvalue weighted by atomic mass is 19.1. The maximum atomic E-state index is 13.2. The van der Waals surface area contributed by atoms with Gasteiger partial charge < -0.3 is 5.32 Å². The summed E-state index contributed by atoms with van der Waals surface area (Å²) in [6.45, 7) is 4.45. The summed E-state index contributed by atoms with van der Waals surface area (Å²) in [6, 6.07) is 7.13. The van der Waals surface area contributed by atoms with Crippen LogP contribution in [-0.4, -0.2) is 16.5 Å². The molecule has 0 unspecified atom stereocenters. The number of hydrogen-bond acceptors (Lipinski definition) is 4. The van der Waals surface area contributed by atoms with Crippen molar-refractivity contribution in [3.63, 3.8) is 0 Å². The highest BCUT2D eigenvalue weighted by molar-refractivity contribution is 5.73. The normalized spacial score (nSPS) is 10.4. The number of rotatable bonds is 5. The zero-order chi connectivity index (χ0) is 15.4. The fourth-order valence-electron chi connectivity index (χ4n) is 2.04. The van der Waals surface area contributed by atoms with Gasteiger partial charge in [0.2, 0.25) is 0 Å². The Balaban J connectivity index is 2.54. The summed E-state index contributed by atoms with van der Waals surface area (Å²) in [6.07, 6.45) is 0.920. The quantitative estimate of drug-likeness (QED) is 0.669. The Morgan fingerprint density at radius 3 is 2.71 bits per heavy atom. The third kappa shape index (κ3) is 3.34. The lowest BCUT2D eigenvalue weighted by atomic mass is 10.0. The van der Waals surface area contributed by atoms with Gasteiger partial charge in [-0.15, -0.1) is 0 Å². The van der Waals surface area contributed by atoms with Crippen molar-refractivity contribution in [3.8, 4) is 11.3 Å². The van der Waals surface area contributed by atoms with Gasteiger partial charge in [0.15, 0.2) is 5.69 Å². The number of aryl methyl sites for hydroxylation is 1. The van der Waals surface area contributed by atoms with E-state index in [0.717, 1.165) is 13.0 Å². The van der Waals surface area contributed by atoms with Crippen LogP contribution in [0.5, 0.6) is 0 Å². The predicted octanol–water partition coefficient (Wildman–Crippen LogP) is 3.93. The molecule has 0 aliphatic carbocycles. The highest BCUT2D eigenvalue weighted by Gasteiger charge is 2.19. The fourth-order valence-corrected chi connectivity index (χ4v) is 2.04. The smallest absolute Gasteiger partial charge is 0.295 e. The average Bonchev–Trinajstić information content (AvgIpc) is 2.44. The number of anilines is 1. The lowest BCUT2D eigenvalue weighted by Gasteiger charge is -2.09. The monoisotopic (exact) mass is 289 g/mol. The molecular formula is C15H16FN3O2. The van der Waals surface area contributed by atoms with Crippen LogP contribution >= 0.6 is 0 Å². The molecule has 21 heavy (non-hydrogen) atoms. The van der Waals surface area contributed by atoms with E-state index in [4.69, 9.17) is 0 Å². The number of halogens is 1. The van der Waals surface area contributed by atoms with Gasteiger partial charge in [0.25, 0.3) is 5.69 Å². The van der Waals surface area contributed by atoms with Gasteiger partial charge in [0.1, 0.15) is 11.6 Å². The first-order valence-corrected chi connectivity index (χ1v) is 6.68. The second-order valence-electron chi connectivity index (χ2n) is 4.71. The van der Waals surface area contributed by atoms with Crippen LogP contribution < -0.4 is 5.32 Å². The number of nitrogens with zero attached hydrogens (tertiary/aromatic N) is 2. The summed E-state index contributed by atoms with van der Waals surface area (Å²) in [5.41, 5.74) is 1.33. The molecule has 0 amide bonds. The van der Waals surface area contributed by atoms with Crippen molar-refractivity contribution in [2.24, 2.45) is 0 Å². The standard InChI is InChI=1S/C15H16FN3O2/c1-3-8-17-14-7-6-13(19(20)21)15(18-14)12-5-4-11(16)9-10(12)2/h4-7,9H,3,8H2,1-2H3,(H,17,18). The molecule has 0 atom stereocenters. The van der Waals surface area contributed by atoms with Gasteiger partial charge >= 0.3 is 0 Å². The second-order valence-corrected chi connectivity index (χ2v) is 4.71. The van der Waals surface area contributed by atoms with E-state index in [2.05, 4.69) is 10.3 Å². The third-order valence-electron chi connectivity index (χ3n) is 3.07. The van der Waals surface area contributed by atoms with E-state index in [1.165, 1.54) is 24.3 Å². The molecule has 1 heterocycles. The topological polar surface area (TPSA) is 68.1 Å². The molecule has 110 valence electrons. The van der Waals surface area contributed by atoms with Gasteiger partial charge in [0, 0.05) is 18.2 Å². The minimum Gasteiger partial charge on any atom is -0.370 e. The van der Waals surface area contributed by atoms with Crippen molar-refractivity contribution in [3.05, 3.63) is 51.8 Å². The Morgan fingerprint density at radius 2 is 2.10 bits per heavy atom. The number of hydrogen-bond donors (Lipinski definition) is 1.